The zero-order valence-corrected chi connectivity index (χ0v) is 15.4. The van der Waals surface area contributed by atoms with Crippen molar-refractivity contribution in [2.45, 2.75) is 13.2 Å². The molecule has 5 heteroatoms. The summed E-state index contributed by atoms with van der Waals surface area (Å²) in [6, 6.07) is 23.2. The van der Waals surface area contributed by atoms with Gasteiger partial charge >= 0.3 is 0 Å². The van der Waals surface area contributed by atoms with Crippen LogP contribution in [0.2, 0.25) is 0 Å². The van der Waals surface area contributed by atoms with Crippen LogP contribution in [0.5, 0.6) is 5.88 Å². The van der Waals surface area contributed by atoms with Gasteiger partial charge in [0.2, 0.25) is 5.88 Å². The van der Waals surface area contributed by atoms with Crippen LogP contribution in [0.25, 0.3) is 10.9 Å². The molecule has 4 rings (SSSR count). The first-order chi connectivity index (χ1) is 13.3. The molecule has 4 nitrogen and oxygen atoms in total. The molecule has 2 aromatic carbocycles. The zero-order valence-electron chi connectivity index (χ0n) is 14.6. The Balaban J connectivity index is 1.59. The van der Waals surface area contributed by atoms with E-state index in [4.69, 9.17) is 4.74 Å². The van der Waals surface area contributed by atoms with Gasteiger partial charge in [0.25, 0.3) is 5.91 Å². The number of benzene rings is 2. The van der Waals surface area contributed by atoms with E-state index in [-0.39, 0.29) is 5.91 Å². The average molecular weight is 374 g/mol. The third-order valence-electron chi connectivity index (χ3n) is 4.17. The minimum atomic E-state index is -0.133. The van der Waals surface area contributed by atoms with Crippen LogP contribution in [0, 0.1) is 0 Å². The molecular formula is C22H18N2O2S. The fourth-order valence-corrected chi connectivity index (χ4v) is 3.46. The van der Waals surface area contributed by atoms with Crippen molar-refractivity contribution >= 4 is 28.1 Å². The van der Waals surface area contributed by atoms with Crippen molar-refractivity contribution in [1.82, 2.24) is 10.3 Å². The van der Waals surface area contributed by atoms with Crippen molar-refractivity contribution in [2.24, 2.45) is 0 Å². The van der Waals surface area contributed by atoms with Crippen LogP contribution in [0.3, 0.4) is 0 Å². The Bertz CT molecular complexity index is 1050. The predicted molar refractivity (Wildman–Crippen MR) is 108 cm³/mol. The van der Waals surface area contributed by atoms with Gasteiger partial charge in [0.1, 0.15) is 6.61 Å². The van der Waals surface area contributed by atoms with Gasteiger partial charge in [-0.1, -0.05) is 54.6 Å². The number of para-hydroxylation sites is 1. The highest BCUT2D eigenvalue weighted by atomic mass is 32.1. The monoisotopic (exact) mass is 374 g/mol. The third kappa shape index (κ3) is 4.15. The van der Waals surface area contributed by atoms with E-state index in [1.165, 1.54) is 0 Å². The van der Waals surface area contributed by atoms with Gasteiger partial charge in [-0.05, 0) is 23.1 Å². The van der Waals surface area contributed by atoms with Gasteiger partial charge in [0.05, 0.1) is 17.6 Å². The lowest BCUT2D eigenvalue weighted by Crippen LogP contribution is -2.22. The summed E-state index contributed by atoms with van der Waals surface area (Å²) in [4.78, 5) is 18.4. The Morgan fingerprint density at radius 1 is 1.00 bits per heavy atom. The molecule has 0 atom stereocenters. The van der Waals surface area contributed by atoms with E-state index in [9.17, 15) is 4.79 Å². The molecule has 0 spiro atoms. The van der Waals surface area contributed by atoms with E-state index in [1.807, 2.05) is 72.1 Å². The van der Waals surface area contributed by atoms with Gasteiger partial charge in [0, 0.05) is 16.3 Å². The summed E-state index contributed by atoms with van der Waals surface area (Å²) >= 11 is 1.62. The number of ether oxygens (including phenoxy) is 1. The molecule has 27 heavy (non-hydrogen) atoms. The fraction of sp³-hybridized carbons (Fsp3) is 0.0909. The van der Waals surface area contributed by atoms with Crippen LogP contribution >= 0.6 is 11.3 Å². The van der Waals surface area contributed by atoms with Crippen molar-refractivity contribution < 1.29 is 9.53 Å². The van der Waals surface area contributed by atoms with Crippen LogP contribution in [-0.4, -0.2) is 10.9 Å². The van der Waals surface area contributed by atoms with E-state index >= 15 is 0 Å². The number of hydrogen-bond donors (Lipinski definition) is 1. The molecule has 0 unspecified atom stereocenters. The first kappa shape index (κ1) is 17.2. The molecule has 4 aromatic rings. The second kappa shape index (κ2) is 8.01. The van der Waals surface area contributed by atoms with Gasteiger partial charge < -0.3 is 10.1 Å². The molecule has 1 amide bonds. The Kier molecular flexibility index (Phi) is 5.12. The predicted octanol–water partition coefficient (Wildman–Crippen LogP) is 4.81. The third-order valence-corrected chi connectivity index (χ3v) is 5.05. The number of thiophene rings is 1. The number of carbonyl (C=O) groups is 1. The summed E-state index contributed by atoms with van der Waals surface area (Å²) in [6.07, 6.45) is 0. The minimum absolute atomic E-state index is 0.133. The van der Waals surface area contributed by atoms with E-state index < -0.39 is 0 Å². The molecule has 2 aromatic heterocycles. The molecular weight excluding hydrogens is 356 g/mol. The van der Waals surface area contributed by atoms with Crippen LogP contribution < -0.4 is 10.1 Å². The Morgan fingerprint density at radius 2 is 1.81 bits per heavy atom. The molecule has 0 saturated heterocycles. The molecule has 0 fully saturated rings. The van der Waals surface area contributed by atoms with Gasteiger partial charge in [-0.25, -0.2) is 4.98 Å². The Hall–Kier alpha value is -3.18. The quantitative estimate of drug-likeness (QED) is 0.527. The fourth-order valence-electron chi connectivity index (χ4n) is 2.82. The van der Waals surface area contributed by atoms with Gasteiger partial charge in [-0.3, -0.25) is 4.79 Å². The number of amides is 1. The summed E-state index contributed by atoms with van der Waals surface area (Å²) in [5, 5.41) is 5.79. The summed E-state index contributed by atoms with van der Waals surface area (Å²) in [6.45, 7) is 0.912. The Morgan fingerprint density at radius 3 is 2.63 bits per heavy atom. The van der Waals surface area contributed by atoms with E-state index in [1.54, 1.807) is 17.4 Å². The van der Waals surface area contributed by atoms with Crippen molar-refractivity contribution in [3.05, 3.63) is 94.2 Å². The van der Waals surface area contributed by atoms with Gasteiger partial charge in [-0.15, -0.1) is 11.3 Å². The standard InChI is InChI=1S/C22H18N2O2S/c25-22(23-14-17-9-6-12-27-17)19-13-21(24-20-11-5-4-10-18(19)20)26-15-16-7-2-1-3-8-16/h1-13H,14-15H2,(H,23,25). The lowest BCUT2D eigenvalue weighted by Gasteiger charge is -2.11. The van der Waals surface area contributed by atoms with Crippen molar-refractivity contribution in [2.75, 3.05) is 0 Å². The molecule has 0 aliphatic heterocycles. The number of nitrogens with one attached hydrogen (secondary N) is 1. The maximum atomic E-state index is 12.8. The molecule has 0 aliphatic rings. The van der Waals surface area contributed by atoms with Crippen LogP contribution in [0.1, 0.15) is 20.8 Å². The highest BCUT2D eigenvalue weighted by Crippen LogP contribution is 2.23. The normalized spacial score (nSPS) is 10.7. The van der Waals surface area contributed by atoms with Crippen LogP contribution in [-0.2, 0) is 13.2 Å². The van der Waals surface area contributed by atoms with E-state index in [2.05, 4.69) is 10.3 Å². The number of rotatable bonds is 6. The molecule has 0 saturated carbocycles. The molecule has 2 heterocycles. The lowest BCUT2D eigenvalue weighted by atomic mass is 10.1. The maximum absolute atomic E-state index is 12.8. The molecule has 1 N–H and O–H groups in total. The minimum Gasteiger partial charge on any atom is -0.473 e. The van der Waals surface area contributed by atoms with Crippen molar-refractivity contribution in [3.63, 3.8) is 0 Å². The summed E-state index contributed by atoms with van der Waals surface area (Å²) < 4.78 is 5.85. The molecule has 134 valence electrons. The largest absolute Gasteiger partial charge is 0.473 e. The van der Waals surface area contributed by atoms with Crippen LogP contribution in [0.15, 0.2) is 78.2 Å². The average Bonchev–Trinajstić information content (AvgIpc) is 3.24. The summed E-state index contributed by atoms with van der Waals surface area (Å²) in [7, 11) is 0. The van der Waals surface area contributed by atoms with Crippen molar-refractivity contribution in [1.29, 1.82) is 0 Å². The number of aromatic nitrogens is 1. The highest BCUT2D eigenvalue weighted by molar-refractivity contribution is 7.09. The smallest absolute Gasteiger partial charge is 0.252 e. The van der Waals surface area contributed by atoms with Gasteiger partial charge in [0.15, 0.2) is 0 Å². The number of fused-ring (bicyclic) bond motifs is 1. The zero-order chi connectivity index (χ0) is 18.5. The Labute approximate surface area is 161 Å². The molecule has 0 bridgehead atoms. The SMILES string of the molecule is O=C(NCc1cccs1)c1cc(OCc2ccccc2)nc2ccccc12. The van der Waals surface area contributed by atoms with Gasteiger partial charge in [-0.2, -0.15) is 0 Å². The number of hydrogen-bond acceptors (Lipinski definition) is 4. The first-order valence-electron chi connectivity index (χ1n) is 8.67. The lowest BCUT2D eigenvalue weighted by molar-refractivity contribution is 0.0952. The number of pyridine rings is 1. The number of nitrogens with zero attached hydrogens (tertiary/aromatic N) is 1. The molecule has 0 aliphatic carbocycles. The summed E-state index contributed by atoms with van der Waals surface area (Å²) in [5.41, 5.74) is 2.36. The summed E-state index contributed by atoms with van der Waals surface area (Å²) in [5.74, 6) is 0.311. The first-order valence-corrected chi connectivity index (χ1v) is 9.55. The second-order valence-electron chi connectivity index (χ2n) is 6.06. The molecule has 0 radical (unpaired) electrons. The maximum Gasteiger partial charge on any atom is 0.252 e. The topological polar surface area (TPSA) is 51.2 Å². The van der Waals surface area contributed by atoms with E-state index in [0.29, 0.717) is 24.6 Å². The van der Waals surface area contributed by atoms with Crippen LogP contribution in [0.4, 0.5) is 0 Å². The van der Waals surface area contributed by atoms with E-state index in [0.717, 1.165) is 21.3 Å². The number of carbonyl (C=O) groups excluding carboxylic acids is 1. The second-order valence-corrected chi connectivity index (χ2v) is 7.09. The highest BCUT2D eigenvalue weighted by Gasteiger charge is 2.14. The van der Waals surface area contributed by atoms with Crippen molar-refractivity contribution in [3.8, 4) is 5.88 Å².